The predicted octanol–water partition coefficient (Wildman–Crippen LogP) is 3.13. The van der Waals surface area contributed by atoms with Crippen LogP contribution in [0, 0.1) is 11.6 Å². The molecule has 1 aliphatic heterocycles. The third-order valence-corrected chi connectivity index (χ3v) is 6.10. The Morgan fingerprint density at radius 2 is 2.00 bits per heavy atom. The van der Waals surface area contributed by atoms with Gasteiger partial charge in [0.05, 0.1) is 18.9 Å². The number of rotatable bonds is 7. The Morgan fingerprint density at radius 3 is 2.56 bits per heavy atom. The van der Waals surface area contributed by atoms with E-state index in [-0.39, 0.29) is 25.3 Å². The molecule has 1 fully saturated rings. The summed E-state index contributed by atoms with van der Waals surface area (Å²) in [5, 5.41) is 3.59. The second-order valence-corrected chi connectivity index (χ2v) is 7.54. The molecule has 1 amide bonds. The van der Waals surface area contributed by atoms with E-state index in [1.807, 2.05) is 0 Å². The lowest BCUT2D eigenvalue weighted by molar-refractivity contribution is -0.155. The van der Waals surface area contributed by atoms with Crippen molar-refractivity contribution in [1.29, 1.82) is 0 Å². The van der Waals surface area contributed by atoms with Crippen molar-refractivity contribution in [3.63, 3.8) is 0 Å². The van der Waals surface area contributed by atoms with Crippen LogP contribution in [-0.4, -0.2) is 43.1 Å². The molecule has 1 heterocycles. The molecule has 10 heteroatoms. The summed E-state index contributed by atoms with van der Waals surface area (Å²) in [4.78, 5) is 17.7. The molecule has 1 aliphatic rings. The van der Waals surface area contributed by atoms with E-state index in [1.54, 1.807) is 13.8 Å². The molecule has 1 saturated heterocycles. The van der Waals surface area contributed by atoms with Crippen molar-refractivity contribution in [3.8, 4) is 0 Å². The molecule has 0 spiro atoms. The number of hydrogen-bond acceptors (Lipinski definition) is 6. The first-order valence-corrected chi connectivity index (χ1v) is 9.46. The van der Waals surface area contributed by atoms with Gasteiger partial charge in [0.1, 0.15) is 17.4 Å². The van der Waals surface area contributed by atoms with Crippen molar-refractivity contribution in [3.05, 3.63) is 29.8 Å². The molecule has 0 bridgehead atoms. The molecule has 1 N–H and O–H groups in total. The van der Waals surface area contributed by atoms with Gasteiger partial charge in [-0.2, -0.15) is 5.06 Å². The van der Waals surface area contributed by atoms with E-state index < -0.39 is 37.0 Å². The molecule has 140 valence electrons. The highest BCUT2D eigenvalue weighted by Crippen LogP contribution is 2.57. The van der Waals surface area contributed by atoms with Crippen molar-refractivity contribution in [2.45, 2.75) is 32.2 Å². The summed E-state index contributed by atoms with van der Waals surface area (Å²) in [6.45, 7) is 3.73. The van der Waals surface area contributed by atoms with Crippen molar-refractivity contribution in [2.75, 3.05) is 25.6 Å². The normalized spacial score (nSPS) is 21.5. The van der Waals surface area contributed by atoms with Crippen molar-refractivity contribution in [1.82, 2.24) is 5.06 Å². The second-order valence-electron chi connectivity index (χ2n) is 5.35. The van der Waals surface area contributed by atoms with Crippen LogP contribution in [0.15, 0.2) is 18.2 Å². The van der Waals surface area contributed by atoms with Gasteiger partial charge in [-0.3, -0.25) is 14.2 Å². The van der Waals surface area contributed by atoms with Gasteiger partial charge in [0.25, 0.3) is 5.91 Å². The van der Waals surface area contributed by atoms with E-state index >= 15 is 0 Å². The number of nitrogens with zero attached hydrogens (tertiary/aromatic N) is 1. The number of nitrogens with one attached hydrogen (secondary N) is 1. The lowest BCUT2D eigenvalue weighted by atomic mass is 10.2. The van der Waals surface area contributed by atoms with Crippen LogP contribution in [0.2, 0.25) is 0 Å². The molecule has 25 heavy (non-hydrogen) atoms. The van der Waals surface area contributed by atoms with Crippen molar-refractivity contribution < 1.29 is 32.0 Å². The van der Waals surface area contributed by atoms with E-state index in [4.69, 9.17) is 13.9 Å². The smallest absolute Gasteiger partial charge is 0.321 e. The molecule has 7 nitrogen and oxygen atoms in total. The zero-order chi connectivity index (χ0) is 18.6. The first-order valence-electron chi connectivity index (χ1n) is 7.85. The highest BCUT2D eigenvalue weighted by molar-refractivity contribution is 7.54. The minimum atomic E-state index is -3.50. The molecule has 1 aromatic rings. The fraction of sp³-hybridized carbons (Fsp3) is 0.533. The van der Waals surface area contributed by atoms with Gasteiger partial charge in [0, 0.05) is 19.5 Å². The summed E-state index contributed by atoms with van der Waals surface area (Å²) in [7, 11) is -1.99. The molecular weight excluding hydrogens is 357 g/mol. The zero-order valence-electron chi connectivity index (χ0n) is 14.2. The Balaban J connectivity index is 2.09. The van der Waals surface area contributed by atoms with Gasteiger partial charge in [-0.05, 0) is 26.0 Å². The van der Waals surface area contributed by atoms with E-state index in [9.17, 15) is 18.1 Å². The Hall–Kier alpha value is -1.38. The highest BCUT2D eigenvalue weighted by Gasteiger charge is 2.48. The Labute approximate surface area is 144 Å². The van der Waals surface area contributed by atoms with E-state index in [1.165, 1.54) is 12.1 Å². The van der Waals surface area contributed by atoms with Gasteiger partial charge in [0.15, 0.2) is 6.10 Å². The number of anilines is 1. The van der Waals surface area contributed by atoms with Gasteiger partial charge in [-0.15, -0.1) is 0 Å². The lowest BCUT2D eigenvalue weighted by Crippen LogP contribution is -2.28. The summed E-state index contributed by atoms with van der Waals surface area (Å²) in [6.07, 6.45) is -0.962. The molecule has 0 saturated carbocycles. The number of benzene rings is 1. The molecule has 0 aliphatic carbocycles. The maximum Gasteiger partial charge on any atom is 0.350 e. The maximum atomic E-state index is 13.7. The third kappa shape index (κ3) is 4.62. The summed E-state index contributed by atoms with van der Waals surface area (Å²) in [6, 6.07) is 2.81. The molecule has 0 unspecified atom stereocenters. The first-order chi connectivity index (χ1) is 11.8. The molecule has 0 radical (unpaired) electrons. The van der Waals surface area contributed by atoms with Crippen LogP contribution in [0.1, 0.15) is 20.3 Å². The van der Waals surface area contributed by atoms with Crippen LogP contribution in [0.5, 0.6) is 0 Å². The average molecular weight is 378 g/mol. The zero-order valence-corrected chi connectivity index (χ0v) is 15.1. The number of carbonyl (C=O) groups excluding carboxylic acids is 1. The first kappa shape index (κ1) is 19.9. The molecular formula is C15H21F2N2O5P. The third-order valence-electron chi connectivity index (χ3n) is 3.60. The van der Waals surface area contributed by atoms with Gasteiger partial charge in [0.2, 0.25) is 0 Å². The fourth-order valence-corrected chi connectivity index (χ4v) is 4.55. The summed E-state index contributed by atoms with van der Waals surface area (Å²) < 4.78 is 50.0. The number of halogens is 2. The minimum Gasteiger partial charge on any atom is -0.321 e. The van der Waals surface area contributed by atoms with E-state index in [0.717, 1.165) is 12.1 Å². The summed E-state index contributed by atoms with van der Waals surface area (Å²) in [5.41, 5.74) is -0.168. The lowest BCUT2D eigenvalue weighted by Gasteiger charge is -2.25. The summed E-state index contributed by atoms with van der Waals surface area (Å²) in [5.74, 6) is -3.05. The Kier molecular flexibility index (Phi) is 6.65. The molecule has 1 aromatic carbocycles. The van der Waals surface area contributed by atoms with Crippen LogP contribution in [0.4, 0.5) is 14.5 Å². The second kappa shape index (κ2) is 8.33. The average Bonchev–Trinajstić information content (AvgIpc) is 2.93. The van der Waals surface area contributed by atoms with Crippen LogP contribution >= 0.6 is 7.60 Å². The number of carbonyl (C=O) groups is 1. The van der Waals surface area contributed by atoms with Gasteiger partial charge in [-0.1, -0.05) is 0 Å². The molecule has 2 atom stereocenters. The molecule has 0 aromatic heterocycles. The SMILES string of the molecule is CCOP(=O)(OCC)[C@@H]1C[C@H](C(=O)Nc2ccc(F)cc2F)ON1C. The largest absolute Gasteiger partial charge is 0.350 e. The fourth-order valence-electron chi connectivity index (χ4n) is 2.51. The van der Waals surface area contributed by atoms with Crippen LogP contribution in [0.3, 0.4) is 0 Å². The maximum absolute atomic E-state index is 13.7. The minimum absolute atomic E-state index is 0.0441. The van der Waals surface area contributed by atoms with Crippen molar-refractivity contribution >= 4 is 19.2 Å². The quantitative estimate of drug-likeness (QED) is 0.735. The number of hydrogen-bond donors (Lipinski definition) is 1. The van der Waals surface area contributed by atoms with Crippen LogP contribution in [-0.2, 0) is 23.2 Å². The van der Waals surface area contributed by atoms with Gasteiger partial charge in [-0.25, -0.2) is 8.78 Å². The Bertz CT molecular complexity index is 665. The summed E-state index contributed by atoms with van der Waals surface area (Å²) >= 11 is 0. The van der Waals surface area contributed by atoms with E-state index in [0.29, 0.717) is 6.07 Å². The molecule has 2 rings (SSSR count). The standard InChI is InChI=1S/C15H21F2N2O5P/c1-4-22-25(21,23-5-2)14-9-13(24-19(14)3)15(20)18-12-7-6-10(16)8-11(12)17/h6-8,13-14H,4-5,9H2,1-3H3,(H,18,20)/t13-,14-/m1/s1. The number of amides is 1. The van der Waals surface area contributed by atoms with Crippen LogP contribution < -0.4 is 5.32 Å². The monoisotopic (exact) mass is 378 g/mol. The predicted molar refractivity (Wildman–Crippen MR) is 86.9 cm³/mol. The van der Waals surface area contributed by atoms with Crippen LogP contribution in [0.25, 0.3) is 0 Å². The van der Waals surface area contributed by atoms with E-state index in [2.05, 4.69) is 5.32 Å². The highest BCUT2D eigenvalue weighted by atomic mass is 31.2. The van der Waals surface area contributed by atoms with Gasteiger partial charge >= 0.3 is 7.60 Å². The number of hydroxylamine groups is 2. The van der Waals surface area contributed by atoms with Crippen molar-refractivity contribution in [2.24, 2.45) is 0 Å². The van der Waals surface area contributed by atoms with Gasteiger partial charge < -0.3 is 14.4 Å². The Morgan fingerprint density at radius 1 is 1.36 bits per heavy atom. The topological polar surface area (TPSA) is 77.1 Å².